The summed E-state index contributed by atoms with van der Waals surface area (Å²) in [5.74, 6) is 0. The molecule has 5 heterocycles. The van der Waals surface area contributed by atoms with Gasteiger partial charge in [-0.2, -0.15) is 0 Å². The average Bonchev–Trinajstić information content (AvgIpc) is 3.61. The monoisotopic (exact) mass is 705 g/mol. The van der Waals surface area contributed by atoms with Crippen LogP contribution < -0.4 is 5.32 Å². The van der Waals surface area contributed by atoms with Crippen LogP contribution >= 0.6 is 0 Å². The van der Waals surface area contributed by atoms with Crippen molar-refractivity contribution in [2.75, 3.05) is 6.54 Å². The topological polar surface area (TPSA) is 55.6 Å². The van der Waals surface area contributed by atoms with Crippen LogP contribution in [0.4, 0.5) is 0 Å². The Kier molecular flexibility index (Phi) is 8.15. The number of nitrogens with zero attached hydrogens (tertiary/aromatic N) is 4. The van der Waals surface area contributed by atoms with E-state index < -0.39 is 0 Å². The highest BCUT2D eigenvalue weighted by Crippen LogP contribution is 2.38. The quantitative estimate of drug-likeness (QED) is 0.179. The van der Waals surface area contributed by atoms with Crippen LogP contribution in [-0.4, -0.2) is 26.1 Å². The van der Waals surface area contributed by atoms with Crippen molar-refractivity contribution in [1.29, 1.82) is 0 Å². The van der Waals surface area contributed by atoms with Crippen LogP contribution in [0.5, 0.6) is 0 Å². The normalized spacial score (nSPS) is 12.5. The molecule has 1 N–H and O–H groups in total. The number of benzene rings is 5. The largest absolute Gasteiger partial charge is 0.387 e. The molecule has 0 saturated heterocycles. The van der Waals surface area contributed by atoms with Gasteiger partial charge in [-0.05, 0) is 124 Å². The minimum atomic E-state index is 0.813. The molecule has 0 radical (unpaired) electrons. The van der Waals surface area contributed by atoms with Gasteiger partial charge in [0.05, 0.1) is 11.0 Å². The fourth-order valence-electron chi connectivity index (χ4n) is 7.75. The van der Waals surface area contributed by atoms with E-state index in [1.165, 1.54) is 27.4 Å². The first-order valence-corrected chi connectivity index (χ1v) is 18.5. The van der Waals surface area contributed by atoms with Gasteiger partial charge in [0.15, 0.2) is 0 Å². The van der Waals surface area contributed by atoms with Crippen LogP contribution in [0.1, 0.15) is 5.56 Å². The second-order valence-corrected chi connectivity index (χ2v) is 13.9. The zero-order valence-electron chi connectivity index (χ0n) is 30.0. The van der Waals surface area contributed by atoms with Gasteiger partial charge in [-0.25, -0.2) is 0 Å². The number of hydrogen-bond donors (Lipinski definition) is 1. The third kappa shape index (κ3) is 6.18. The molecule has 260 valence electrons. The lowest BCUT2D eigenvalue weighted by Gasteiger charge is -2.15. The van der Waals surface area contributed by atoms with Crippen LogP contribution in [-0.2, 0) is 0 Å². The van der Waals surface area contributed by atoms with Crippen molar-refractivity contribution < 1.29 is 0 Å². The third-order valence-corrected chi connectivity index (χ3v) is 10.5. The highest BCUT2D eigenvalue weighted by molar-refractivity contribution is 6.09. The van der Waals surface area contributed by atoms with Crippen molar-refractivity contribution in [2.45, 2.75) is 0 Å². The number of hydrogen-bond acceptors (Lipinski definition) is 4. The molecule has 1 aliphatic rings. The first-order valence-electron chi connectivity index (χ1n) is 18.5. The zero-order chi connectivity index (χ0) is 36.6. The highest BCUT2D eigenvalue weighted by atomic mass is 15.0. The molecule has 5 heteroatoms. The van der Waals surface area contributed by atoms with E-state index in [4.69, 9.17) is 0 Å². The maximum atomic E-state index is 4.65. The van der Waals surface area contributed by atoms with Gasteiger partial charge >= 0.3 is 0 Å². The van der Waals surface area contributed by atoms with Crippen LogP contribution in [0.2, 0.25) is 0 Å². The van der Waals surface area contributed by atoms with E-state index in [1.54, 1.807) is 0 Å². The number of fused-ring (bicyclic) bond motifs is 3. The Morgan fingerprint density at radius 1 is 0.418 bits per heavy atom. The number of rotatable bonds is 7. The fraction of sp³-hybridized carbons (Fsp3) is 0.0200. The predicted octanol–water partition coefficient (Wildman–Crippen LogP) is 11.8. The van der Waals surface area contributed by atoms with E-state index in [0.717, 1.165) is 73.4 Å². The number of aromatic nitrogens is 4. The smallest absolute Gasteiger partial charge is 0.0541 e. The van der Waals surface area contributed by atoms with Gasteiger partial charge in [-0.3, -0.25) is 15.0 Å². The Labute approximate surface area is 319 Å². The molecule has 55 heavy (non-hydrogen) atoms. The van der Waals surface area contributed by atoms with E-state index in [-0.39, 0.29) is 0 Å². The average molecular weight is 706 g/mol. The number of pyridine rings is 3. The third-order valence-electron chi connectivity index (χ3n) is 10.5. The molecule has 4 aromatic heterocycles. The first-order chi connectivity index (χ1) is 27.2. The molecule has 0 spiro atoms. The molecule has 0 saturated carbocycles. The van der Waals surface area contributed by atoms with Gasteiger partial charge in [-0.15, -0.1) is 0 Å². The summed E-state index contributed by atoms with van der Waals surface area (Å²) >= 11 is 0. The number of allylic oxidation sites excluding steroid dienone is 2. The van der Waals surface area contributed by atoms with Gasteiger partial charge in [0, 0.05) is 82.4 Å². The van der Waals surface area contributed by atoms with E-state index >= 15 is 0 Å². The Morgan fingerprint density at radius 3 is 1.49 bits per heavy atom. The number of dihydropyridines is 1. The van der Waals surface area contributed by atoms with Crippen molar-refractivity contribution in [3.63, 3.8) is 0 Å². The van der Waals surface area contributed by atoms with Crippen molar-refractivity contribution >= 4 is 27.4 Å². The summed E-state index contributed by atoms with van der Waals surface area (Å²) in [6.07, 6.45) is 17.7. The maximum absolute atomic E-state index is 4.65. The molecule has 5 aromatic carbocycles. The highest BCUT2D eigenvalue weighted by Gasteiger charge is 2.15. The van der Waals surface area contributed by atoms with E-state index in [9.17, 15) is 0 Å². The van der Waals surface area contributed by atoms with Crippen LogP contribution in [0.25, 0.3) is 88.7 Å². The van der Waals surface area contributed by atoms with Gasteiger partial charge in [0.2, 0.25) is 0 Å². The summed E-state index contributed by atoms with van der Waals surface area (Å²) in [5, 5.41) is 5.72. The van der Waals surface area contributed by atoms with Crippen LogP contribution in [0, 0.1) is 0 Å². The summed E-state index contributed by atoms with van der Waals surface area (Å²) in [7, 11) is 0. The molecular formula is C50H35N5. The number of para-hydroxylation sites is 2. The Morgan fingerprint density at radius 2 is 0.909 bits per heavy atom. The fourth-order valence-corrected chi connectivity index (χ4v) is 7.75. The van der Waals surface area contributed by atoms with E-state index in [2.05, 4.69) is 164 Å². The van der Waals surface area contributed by atoms with Gasteiger partial charge in [-0.1, -0.05) is 78.9 Å². The van der Waals surface area contributed by atoms with Crippen molar-refractivity contribution in [3.8, 4) is 61.3 Å². The Hall–Kier alpha value is -7.37. The Bertz CT molecular complexity index is 2880. The lowest BCUT2D eigenvalue weighted by Crippen LogP contribution is -2.08. The van der Waals surface area contributed by atoms with E-state index in [1.807, 2.05) is 55.5 Å². The molecule has 0 fully saturated rings. The van der Waals surface area contributed by atoms with Crippen LogP contribution in [0.3, 0.4) is 0 Å². The second kappa shape index (κ2) is 13.9. The SMILES string of the molecule is C1=CC(c2cncc(-c3cccc(-c4cc(-c5cccc(-c6cncc(-c7ccncc7)c6)c5)cc(-n5c6ccccc6c6ccccc65)c4)c3)c2)=CCN1. The molecule has 1 aliphatic heterocycles. The van der Waals surface area contributed by atoms with Gasteiger partial charge in [0.1, 0.15) is 0 Å². The standard InChI is InChI=1S/C50H35N5/c1-3-13-49-47(11-1)48-12-2-4-14-50(48)55(49)46-28-40(36-7-5-9-38(23-36)44-26-42(30-53-32-44)34-15-19-51-20-16-34)25-41(29-46)37-8-6-10-39(24-37)45-27-43(31-54-33-45)35-17-21-52-22-18-35/h1-21,23-33,52H,22H2. The lowest BCUT2D eigenvalue weighted by atomic mass is 9.93. The number of nitrogens with one attached hydrogen (secondary N) is 1. The van der Waals surface area contributed by atoms with Crippen LogP contribution in [0.15, 0.2) is 195 Å². The molecule has 10 rings (SSSR count). The zero-order valence-corrected chi connectivity index (χ0v) is 30.0. The molecule has 5 nitrogen and oxygen atoms in total. The minimum absolute atomic E-state index is 0.813. The summed E-state index contributed by atoms with van der Waals surface area (Å²) in [5.41, 5.74) is 16.8. The van der Waals surface area contributed by atoms with Crippen molar-refractivity contribution in [3.05, 3.63) is 201 Å². The molecular weight excluding hydrogens is 671 g/mol. The summed E-state index contributed by atoms with van der Waals surface area (Å²) in [6, 6.07) is 50.4. The summed E-state index contributed by atoms with van der Waals surface area (Å²) < 4.78 is 2.40. The molecule has 0 atom stereocenters. The van der Waals surface area contributed by atoms with Gasteiger partial charge in [0.25, 0.3) is 0 Å². The molecule has 0 bridgehead atoms. The summed E-state index contributed by atoms with van der Waals surface area (Å²) in [6.45, 7) is 0.813. The Balaban J connectivity index is 1.13. The minimum Gasteiger partial charge on any atom is -0.387 e. The second-order valence-electron chi connectivity index (χ2n) is 13.9. The lowest BCUT2D eigenvalue weighted by molar-refractivity contribution is 0.975. The summed E-state index contributed by atoms with van der Waals surface area (Å²) in [4.78, 5) is 13.5. The maximum Gasteiger partial charge on any atom is 0.0541 e. The molecule has 0 unspecified atom stereocenters. The van der Waals surface area contributed by atoms with Gasteiger partial charge < -0.3 is 9.88 Å². The molecule has 9 aromatic rings. The molecule has 0 aliphatic carbocycles. The van der Waals surface area contributed by atoms with E-state index in [0.29, 0.717) is 0 Å². The first kappa shape index (κ1) is 32.3. The van der Waals surface area contributed by atoms with Crippen molar-refractivity contribution in [2.24, 2.45) is 0 Å². The predicted molar refractivity (Wildman–Crippen MR) is 226 cm³/mol. The molecule has 0 amide bonds. The van der Waals surface area contributed by atoms with Crippen molar-refractivity contribution in [1.82, 2.24) is 24.8 Å².